The Morgan fingerprint density at radius 1 is 0.331 bits per heavy atom. The topological polar surface area (TPSA) is 95.7 Å². The number of hydrogen-bond acceptors (Lipinski definition) is 15. The van der Waals surface area contributed by atoms with Gasteiger partial charge < -0.3 is 86.5 Å². The van der Waals surface area contributed by atoms with Crippen LogP contribution in [0.5, 0.6) is 0 Å². The van der Waals surface area contributed by atoms with E-state index < -0.39 is 0 Å². The fourth-order valence-corrected chi connectivity index (χ4v) is 22.1. The molecular weight excluding hydrogens is 1900 g/mol. The predicted octanol–water partition coefficient (Wildman–Crippen LogP) is 9.15. The number of aromatic nitrogens is 5. The van der Waals surface area contributed by atoms with E-state index in [0.29, 0.717) is 0 Å². The zero-order chi connectivity index (χ0) is 93.2. The molecule has 0 fully saturated rings. The Labute approximate surface area is 872 Å². The van der Waals surface area contributed by atoms with Gasteiger partial charge in [0.1, 0.15) is 68.0 Å². The van der Waals surface area contributed by atoms with Crippen molar-refractivity contribution in [1.82, 2.24) is 47.8 Å². The lowest BCUT2D eigenvalue weighted by Gasteiger charge is -2.23. The minimum atomic E-state index is -0.370. The van der Waals surface area contributed by atoms with Gasteiger partial charge in [-0.1, -0.05) is 71.2 Å². The second-order valence-electron chi connectivity index (χ2n) is 33.6. The summed E-state index contributed by atoms with van der Waals surface area (Å²) < 4.78 is 24.4. The summed E-state index contributed by atoms with van der Waals surface area (Å²) in [5.74, 6) is 0. The summed E-state index contributed by atoms with van der Waals surface area (Å²) >= 11 is 9.29. The van der Waals surface area contributed by atoms with E-state index in [1.165, 1.54) is 159 Å². The van der Waals surface area contributed by atoms with Crippen molar-refractivity contribution in [1.29, 1.82) is 1.28 Å². The van der Waals surface area contributed by atoms with Crippen LogP contribution in [-0.4, -0.2) is 175 Å². The first-order valence-corrected chi connectivity index (χ1v) is 51.9. The van der Waals surface area contributed by atoms with Crippen molar-refractivity contribution >= 4 is 145 Å². The Morgan fingerprint density at radius 2 is 0.669 bits per heavy atom. The normalized spacial score (nSPS) is 10.8. The second-order valence-corrected chi connectivity index (χ2v) is 39.9. The number of halogens is 5. The van der Waals surface area contributed by atoms with Gasteiger partial charge in [0.15, 0.2) is 0 Å². The van der Waals surface area contributed by atoms with Gasteiger partial charge >= 0.3 is 0 Å². The van der Waals surface area contributed by atoms with Crippen LogP contribution in [0.1, 0.15) is 184 Å². The first-order chi connectivity index (χ1) is 61.3. The summed E-state index contributed by atoms with van der Waals surface area (Å²) in [4.78, 5) is 42.9. The van der Waals surface area contributed by atoms with Crippen molar-refractivity contribution in [2.45, 2.75) is 193 Å². The summed E-state index contributed by atoms with van der Waals surface area (Å²) in [6.07, 6.45) is 6.33. The first kappa shape index (κ1) is 124. The van der Waals surface area contributed by atoms with Crippen molar-refractivity contribution in [3.63, 3.8) is 0 Å². The van der Waals surface area contributed by atoms with Crippen molar-refractivity contribution in [3.8, 4) is 52.9 Å². The van der Waals surface area contributed by atoms with Crippen LogP contribution < -0.4 is 136 Å². The third-order valence-electron chi connectivity index (χ3n) is 23.8. The Hall–Kier alpha value is -7.82. The number of nitrogens with zero attached hydrogens (tertiary/aromatic N) is 15. The van der Waals surface area contributed by atoms with Gasteiger partial charge in [-0.15, -0.1) is 65.2 Å². The van der Waals surface area contributed by atoms with E-state index >= 15 is 0 Å². The highest BCUT2D eigenvalue weighted by Crippen LogP contribution is 2.41. The van der Waals surface area contributed by atoms with Crippen LogP contribution in [0.3, 0.4) is 0 Å². The van der Waals surface area contributed by atoms with Crippen LogP contribution in [0, 0.1) is 27.7 Å². The number of aryl methyl sites for hydroxylation is 8. The summed E-state index contributed by atoms with van der Waals surface area (Å²) in [6.45, 7) is 53.9. The maximum absolute atomic E-state index is 6.65. The Balaban J connectivity index is 0.000000835. The molecule has 0 spiro atoms. The lowest BCUT2D eigenvalue weighted by Crippen LogP contribution is -3.00. The van der Waals surface area contributed by atoms with Crippen molar-refractivity contribution in [3.05, 3.63) is 205 Å². The molecule has 136 heavy (non-hydrogen) atoms. The number of hydrogen-bond donors (Lipinski definition) is 0. The van der Waals surface area contributed by atoms with E-state index in [9.17, 15) is 0 Å². The largest absolute Gasteiger partial charge is 1.00 e. The number of rotatable bonds is 21. The minimum Gasteiger partial charge on any atom is -1.00 e. The maximum Gasteiger partial charge on any atom is 0.201 e. The summed E-state index contributed by atoms with van der Waals surface area (Å²) in [6, 6.07) is 49.7. The molecule has 26 heteroatoms. The van der Waals surface area contributed by atoms with Gasteiger partial charge in [-0.2, -0.15) is 0 Å². The molecule has 15 nitrogen and oxygen atoms in total. The minimum absolute atomic E-state index is 0. The molecule has 0 unspecified atom stereocenters. The van der Waals surface area contributed by atoms with Crippen LogP contribution >= 0.6 is 65.2 Å². The molecule has 0 bridgehead atoms. The zero-order valence-corrected chi connectivity index (χ0v) is 92.9. The lowest BCUT2D eigenvalue weighted by molar-refractivity contribution is -0.00100. The molecule has 0 saturated carbocycles. The van der Waals surface area contributed by atoms with E-state index in [4.69, 9.17) is 26.2 Å². The predicted molar refractivity (Wildman–Crippen MR) is 597 cm³/mol. The molecule has 746 valence electrons. The summed E-state index contributed by atoms with van der Waals surface area (Å²) in [7, 11) is 20.6. The number of fused-ring (bicyclic) bond motifs is 10. The second kappa shape index (κ2) is 59.0. The lowest BCUT2D eigenvalue weighted by atomic mass is 10.1. The summed E-state index contributed by atoms with van der Waals surface area (Å²) in [5, 5.41) is 6.36. The van der Waals surface area contributed by atoms with Gasteiger partial charge in [-0.25, -0.2) is 47.8 Å². The van der Waals surface area contributed by atoms with Gasteiger partial charge in [0.2, 0.25) is 26.8 Å². The van der Waals surface area contributed by atoms with Crippen LogP contribution in [-0.2, 0) is 25.7 Å². The maximum atomic E-state index is 6.65. The van der Waals surface area contributed by atoms with Gasteiger partial charge in [-0.05, 0) is 246 Å². The Kier molecular flexibility index (Phi) is 53.9. The quantitative estimate of drug-likeness (QED) is 0.0394. The average molecular weight is 2060 g/mol. The molecular formula is C110H161Cl5N15PS5. The smallest absolute Gasteiger partial charge is 0.201 e. The van der Waals surface area contributed by atoms with Crippen LogP contribution in [0.15, 0.2) is 133 Å². The van der Waals surface area contributed by atoms with Crippen LogP contribution in [0.4, 0.5) is 28.4 Å². The van der Waals surface area contributed by atoms with Gasteiger partial charge in [0, 0.05) is 163 Å². The van der Waals surface area contributed by atoms with E-state index in [0.717, 1.165) is 149 Å². The van der Waals surface area contributed by atoms with Gasteiger partial charge in [0.05, 0.1) is 105 Å². The fourth-order valence-electron chi connectivity index (χ4n) is 16.3. The fraction of sp³-hybridized carbons (Fsp3) is 0.455. The van der Waals surface area contributed by atoms with E-state index in [1.807, 2.05) is 70.0 Å². The standard InChI is InChI=1S/C24H34N3S.C22H30N3S.2C20H26N3S.C18H22N3S.C2H7P.4CH4.5ClH/c1-7-17-13-19(26(9-3)10-4)15-21-23(17)25-24-18(8-2)14-20(16-22(24)28-21)27(11-5)12-6;1-7-24(8-2)17-11-15(5)21-19(13-17)26-20-14-18(25(9-3)10-4)12-16(6)22(20)23-21;1-7-13-9-15(22(3)4)11-17-19(13)21-20-14(8-2)10-16(23(5)6)12-18(20)24-17;1-5-11-22(3)15-7-9-17-19(13-15)24-20-14-16(23(4)12-6-2)8-10-18(20)21-17;1-11-7-13(20(3)4)9-15-17(11)19-18-12(2)8-14(21(5)6)10-16(18)22-15;1-3-2;;;;;;;;;/h13-16H,7-12H2,1-6H3;11-14H,7-10H2,1-6H3;9-12H,7-8H2,1-6H3;7-10,13-14H,5-6,11-12H2,1-4H3;7-10H,1-6H3;3H,1-2H3;4*1H4;5*1H/q5*+1;;;;;;;;;;/p-5/i;;;;;3T;;;;;;;;;. The van der Waals surface area contributed by atoms with Crippen molar-refractivity contribution in [2.75, 3.05) is 174 Å². The molecule has 0 radical (unpaired) electrons. The van der Waals surface area contributed by atoms with Gasteiger partial charge in [0.25, 0.3) is 0 Å². The highest BCUT2D eigenvalue weighted by Gasteiger charge is 2.23. The summed E-state index contributed by atoms with van der Waals surface area (Å²) in [5.41, 5.74) is 28.0. The molecule has 0 N–H and O–H groups in total. The average Bonchev–Trinajstić information content (AvgIpc) is 0.782. The molecule has 0 aromatic heterocycles. The van der Waals surface area contributed by atoms with Crippen LogP contribution in [0.25, 0.3) is 104 Å². The van der Waals surface area contributed by atoms with Gasteiger partial charge in [-0.3, -0.25) is 0 Å². The molecule has 5 aliphatic carbocycles. The number of benzene rings is 10. The molecule has 5 aromatic carbocycles. The molecule has 0 saturated heterocycles. The van der Waals surface area contributed by atoms with Crippen LogP contribution in [0.2, 0.25) is 0 Å². The third-order valence-corrected chi connectivity index (χ3v) is 29.1. The molecule has 15 rings (SSSR count). The number of anilines is 5. The van der Waals surface area contributed by atoms with E-state index in [2.05, 4.69) is 376 Å². The third kappa shape index (κ3) is 30.1. The molecule has 0 amide bonds. The molecule has 5 aliphatic heterocycles. The Bertz CT molecular complexity index is 6590. The van der Waals surface area contributed by atoms with Crippen molar-refractivity contribution in [2.24, 2.45) is 0 Å². The van der Waals surface area contributed by atoms with E-state index in [1.54, 1.807) is 0 Å². The SMILES string of the molecule is C.C.C.C.CCCN(C)c1ccc2nc3ccc(=[N+](C)CCC)cc-3sc2c1.CCN(CC)c1cc(C)c2nc3c(C)cc(=[N+](CC)CC)cc-3sc2c1.CCc1cc(=[N+](C)C)cc2sc3cc(N(C)C)cc(CC)c3nc1-2.CCc1cc(=[N+](CC)CC)cc2sc3cc(N(CC)CC)cc(CC)c3nc1-2.Cc1cc(=[N+](C)C)cc2sc3cc(N(C)C)cc(C)c3nc1-2.[3H]P(C)C.[Cl-].[Cl-].[Cl-].[Cl-].[Cl-]. The molecule has 5 aromatic rings. The monoisotopic (exact) mass is 2060 g/mol. The molecule has 5 heterocycles. The molecule has 0 atom stereocenters. The first-order valence-electron chi connectivity index (χ1n) is 46.5. The Morgan fingerprint density at radius 3 is 1.07 bits per heavy atom. The highest BCUT2D eigenvalue weighted by molar-refractivity contribution is 7.36. The van der Waals surface area contributed by atoms with E-state index in [-0.39, 0.29) is 100 Å². The zero-order valence-electron chi connectivity index (χ0n) is 85.1. The van der Waals surface area contributed by atoms with Crippen molar-refractivity contribution < 1.29 is 62.0 Å². The molecule has 10 aliphatic rings. The highest BCUT2D eigenvalue weighted by atomic mass is 35.5.